The van der Waals surface area contributed by atoms with Gasteiger partial charge in [0.15, 0.2) is 0 Å². The Labute approximate surface area is 74.5 Å². The summed E-state index contributed by atoms with van der Waals surface area (Å²) in [4.78, 5) is 10.5. The number of esters is 1. The molecule has 0 heterocycles. The average molecular weight is 173 g/mol. The van der Waals surface area contributed by atoms with Crippen LogP contribution in [0.5, 0.6) is 0 Å². The quantitative estimate of drug-likeness (QED) is 0.637. The molecule has 0 aliphatic heterocycles. The zero-order chi connectivity index (χ0) is 9.61. The summed E-state index contributed by atoms with van der Waals surface area (Å²) in [5, 5.41) is 3.29. The predicted octanol–water partition coefficient (Wildman–Crippen LogP) is 1.33. The number of hydrogen-bond acceptors (Lipinski definition) is 3. The Morgan fingerprint density at radius 1 is 1.50 bits per heavy atom. The van der Waals surface area contributed by atoms with Crippen molar-refractivity contribution in [2.45, 2.75) is 39.7 Å². The van der Waals surface area contributed by atoms with E-state index in [0.717, 1.165) is 13.0 Å². The fraction of sp³-hybridized carbons (Fsp3) is 0.889. The van der Waals surface area contributed by atoms with Crippen LogP contribution in [0.1, 0.15) is 34.1 Å². The van der Waals surface area contributed by atoms with Crippen molar-refractivity contribution in [1.29, 1.82) is 0 Å². The summed E-state index contributed by atoms with van der Waals surface area (Å²) in [5.74, 6) is -0.221. The van der Waals surface area contributed by atoms with Gasteiger partial charge in [-0.3, -0.25) is 4.79 Å². The minimum atomic E-state index is -0.221. The van der Waals surface area contributed by atoms with Gasteiger partial charge in [0.1, 0.15) is 6.61 Å². The molecule has 0 saturated heterocycles. The molecule has 0 aliphatic rings. The lowest BCUT2D eigenvalue weighted by Crippen LogP contribution is -2.44. The lowest BCUT2D eigenvalue weighted by Gasteiger charge is -2.25. The van der Waals surface area contributed by atoms with Gasteiger partial charge < -0.3 is 10.1 Å². The summed E-state index contributed by atoms with van der Waals surface area (Å²) < 4.78 is 4.90. The first-order valence-corrected chi connectivity index (χ1v) is 4.36. The molecule has 0 rings (SSSR count). The normalized spacial score (nSPS) is 11.3. The van der Waals surface area contributed by atoms with Gasteiger partial charge in [0.05, 0.1) is 0 Å². The lowest BCUT2D eigenvalue weighted by atomic mass is 10.1. The Bertz CT molecular complexity index is 143. The smallest absolute Gasteiger partial charge is 0.302 e. The van der Waals surface area contributed by atoms with Crippen molar-refractivity contribution in [3.63, 3.8) is 0 Å². The van der Waals surface area contributed by atoms with E-state index in [9.17, 15) is 4.79 Å². The molecule has 0 radical (unpaired) electrons. The molecular formula is C9H19NO2. The maximum Gasteiger partial charge on any atom is 0.302 e. The Morgan fingerprint density at radius 2 is 2.08 bits per heavy atom. The summed E-state index contributed by atoms with van der Waals surface area (Å²) >= 11 is 0. The molecule has 0 amide bonds. The van der Waals surface area contributed by atoms with Crippen molar-refractivity contribution in [2.75, 3.05) is 13.2 Å². The third-order valence-corrected chi connectivity index (χ3v) is 1.49. The van der Waals surface area contributed by atoms with Crippen LogP contribution in [-0.4, -0.2) is 24.7 Å². The molecule has 72 valence electrons. The molecule has 0 aromatic carbocycles. The molecule has 0 aromatic rings. The fourth-order valence-corrected chi connectivity index (χ4v) is 0.796. The molecule has 0 aliphatic carbocycles. The van der Waals surface area contributed by atoms with E-state index in [2.05, 4.69) is 12.2 Å². The monoisotopic (exact) mass is 173 g/mol. The minimum Gasteiger partial charge on any atom is -0.464 e. The fourth-order valence-electron chi connectivity index (χ4n) is 0.796. The molecule has 0 saturated carbocycles. The molecule has 1 N–H and O–H groups in total. The van der Waals surface area contributed by atoms with E-state index in [-0.39, 0.29) is 11.5 Å². The molecule has 12 heavy (non-hydrogen) atoms. The van der Waals surface area contributed by atoms with Crippen LogP contribution < -0.4 is 5.32 Å². The molecule has 0 spiro atoms. The summed E-state index contributed by atoms with van der Waals surface area (Å²) in [5.41, 5.74) is -0.109. The zero-order valence-electron chi connectivity index (χ0n) is 8.44. The van der Waals surface area contributed by atoms with E-state index >= 15 is 0 Å². The molecule has 0 aromatic heterocycles. The Morgan fingerprint density at radius 3 is 2.50 bits per heavy atom. The van der Waals surface area contributed by atoms with Crippen molar-refractivity contribution in [3.8, 4) is 0 Å². The average Bonchev–Trinajstić information content (AvgIpc) is 1.98. The summed E-state index contributed by atoms with van der Waals surface area (Å²) in [6, 6.07) is 0. The number of carbonyl (C=O) groups excluding carboxylic acids is 1. The van der Waals surface area contributed by atoms with Crippen LogP contribution in [-0.2, 0) is 9.53 Å². The van der Waals surface area contributed by atoms with Gasteiger partial charge in [-0.15, -0.1) is 0 Å². The first-order valence-electron chi connectivity index (χ1n) is 4.36. The van der Waals surface area contributed by atoms with Crippen molar-refractivity contribution in [1.82, 2.24) is 5.32 Å². The molecule has 0 atom stereocenters. The van der Waals surface area contributed by atoms with Gasteiger partial charge >= 0.3 is 5.97 Å². The van der Waals surface area contributed by atoms with Crippen molar-refractivity contribution in [2.24, 2.45) is 0 Å². The number of ether oxygens (including phenoxy) is 1. The van der Waals surface area contributed by atoms with Crippen molar-refractivity contribution < 1.29 is 9.53 Å². The molecular weight excluding hydrogens is 154 g/mol. The minimum absolute atomic E-state index is 0.109. The lowest BCUT2D eigenvalue weighted by molar-refractivity contribution is -0.142. The van der Waals surface area contributed by atoms with Gasteiger partial charge in [0.2, 0.25) is 0 Å². The second-order valence-electron chi connectivity index (χ2n) is 3.59. The summed E-state index contributed by atoms with van der Waals surface area (Å²) in [6.07, 6.45) is 1.09. The second kappa shape index (κ2) is 5.14. The third kappa shape index (κ3) is 6.16. The molecule has 3 nitrogen and oxygen atoms in total. The Balaban J connectivity index is 3.63. The van der Waals surface area contributed by atoms with Crippen LogP contribution in [0.25, 0.3) is 0 Å². The summed E-state index contributed by atoms with van der Waals surface area (Å²) in [6.45, 7) is 8.96. The third-order valence-electron chi connectivity index (χ3n) is 1.49. The van der Waals surface area contributed by atoms with Crippen LogP contribution in [0.3, 0.4) is 0 Å². The predicted molar refractivity (Wildman–Crippen MR) is 49.0 cm³/mol. The molecule has 0 unspecified atom stereocenters. The van der Waals surface area contributed by atoms with Gasteiger partial charge in [-0.05, 0) is 26.8 Å². The van der Waals surface area contributed by atoms with E-state index in [1.165, 1.54) is 6.92 Å². The largest absolute Gasteiger partial charge is 0.464 e. The van der Waals surface area contributed by atoms with Gasteiger partial charge in [0.25, 0.3) is 0 Å². The Kier molecular flexibility index (Phi) is 4.90. The Hall–Kier alpha value is -0.570. The highest BCUT2D eigenvalue weighted by atomic mass is 16.5. The van der Waals surface area contributed by atoms with Gasteiger partial charge in [-0.1, -0.05) is 6.92 Å². The number of rotatable bonds is 5. The number of carbonyl (C=O) groups is 1. The van der Waals surface area contributed by atoms with Crippen molar-refractivity contribution in [3.05, 3.63) is 0 Å². The summed E-state index contributed by atoms with van der Waals surface area (Å²) in [7, 11) is 0. The maximum absolute atomic E-state index is 10.5. The number of hydrogen-bond donors (Lipinski definition) is 1. The van der Waals surface area contributed by atoms with Crippen LogP contribution in [0.2, 0.25) is 0 Å². The standard InChI is InChI=1S/C9H19NO2/c1-5-6-10-9(3,4)7-12-8(2)11/h10H,5-7H2,1-4H3. The molecule has 3 heteroatoms. The van der Waals surface area contributed by atoms with E-state index in [0.29, 0.717) is 6.61 Å². The van der Waals surface area contributed by atoms with E-state index in [1.54, 1.807) is 0 Å². The van der Waals surface area contributed by atoms with E-state index in [1.807, 2.05) is 13.8 Å². The first kappa shape index (κ1) is 11.4. The molecule has 0 fully saturated rings. The van der Waals surface area contributed by atoms with Gasteiger partial charge in [0, 0.05) is 12.5 Å². The topological polar surface area (TPSA) is 38.3 Å². The van der Waals surface area contributed by atoms with Crippen LogP contribution in [0.15, 0.2) is 0 Å². The highest BCUT2D eigenvalue weighted by Crippen LogP contribution is 2.02. The van der Waals surface area contributed by atoms with E-state index < -0.39 is 0 Å². The SMILES string of the molecule is CCCNC(C)(C)COC(C)=O. The van der Waals surface area contributed by atoms with Crippen LogP contribution >= 0.6 is 0 Å². The number of nitrogens with one attached hydrogen (secondary N) is 1. The van der Waals surface area contributed by atoms with Crippen molar-refractivity contribution >= 4 is 5.97 Å². The second-order valence-corrected chi connectivity index (χ2v) is 3.59. The highest BCUT2D eigenvalue weighted by molar-refractivity contribution is 5.65. The maximum atomic E-state index is 10.5. The zero-order valence-corrected chi connectivity index (χ0v) is 8.44. The van der Waals surface area contributed by atoms with Crippen LogP contribution in [0, 0.1) is 0 Å². The first-order chi connectivity index (χ1) is 5.48. The molecule has 0 bridgehead atoms. The van der Waals surface area contributed by atoms with Crippen LogP contribution in [0.4, 0.5) is 0 Å². The highest BCUT2D eigenvalue weighted by Gasteiger charge is 2.17. The van der Waals surface area contributed by atoms with Gasteiger partial charge in [-0.25, -0.2) is 0 Å². The van der Waals surface area contributed by atoms with Gasteiger partial charge in [-0.2, -0.15) is 0 Å². The van der Waals surface area contributed by atoms with E-state index in [4.69, 9.17) is 4.74 Å².